The molecule has 1 heterocycles. The van der Waals surface area contributed by atoms with Gasteiger partial charge in [-0.25, -0.2) is 0 Å². The molecule has 1 rings (SSSR count). The fourth-order valence-corrected chi connectivity index (χ4v) is 0.942. The highest BCUT2D eigenvalue weighted by atomic mass is 16.5. The smallest absolute Gasteiger partial charge is 0.164 e. The van der Waals surface area contributed by atoms with Gasteiger partial charge in [0.2, 0.25) is 0 Å². The van der Waals surface area contributed by atoms with Crippen molar-refractivity contribution in [1.29, 1.82) is 0 Å². The van der Waals surface area contributed by atoms with Crippen LogP contribution in [0.25, 0.3) is 0 Å². The molecule has 0 aromatic rings. The van der Waals surface area contributed by atoms with E-state index in [2.05, 4.69) is 0 Å². The highest BCUT2D eigenvalue weighted by Crippen LogP contribution is 2.25. The van der Waals surface area contributed by atoms with Gasteiger partial charge in [0.05, 0.1) is 6.26 Å². The standard InChI is InChI=1S/C7H10O2/c1-6-3-7(2,5-8)9-4-6/h4-5H,3H2,1-2H3. The van der Waals surface area contributed by atoms with Crippen LogP contribution in [-0.2, 0) is 9.53 Å². The fourth-order valence-electron chi connectivity index (χ4n) is 0.942. The van der Waals surface area contributed by atoms with E-state index in [1.165, 1.54) is 0 Å². The zero-order valence-electron chi connectivity index (χ0n) is 5.68. The van der Waals surface area contributed by atoms with Gasteiger partial charge in [0.1, 0.15) is 0 Å². The maximum absolute atomic E-state index is 10.3. The molecule has 0 aromatic carbocycles. The molecular formula is C7H10O2. The van der Waals surface area contributed by atoms with E-state index in [0.717, 1.165) is 18.3 Å². The summed E-state index contributed by atoms with van der Waals surface area (Å²) < 4.78 is 5.07. The third kappa shape index (κ3) is 1.12. The van der Waals surface area contributed by atoms with Crippen molar-refractivity contribution < 1.29 is 9.53 Å². The molecule has 0 N–H and O–H groups in total. The predicted octanol–water partition coefficient (Wildman–Crippen LogP) is 1.27. The van der Waals surface area contributed by atoms with E-state index >= 15 is 0 Å². The van der Waals surface area contributed by atoms with Crippen LogP contribution in [0.3, 0.4) is 0 Å². The van der Waals surface area contributed by atoms with Gasteiger partial charge in [0, 0.05) is 6.42 Å². The molecule has 0 aliphatic carbocycles. The summed E-state index contributed by atoms with van der Waals surface area (Å²) in [5.41, 5.74) is 0.564. The molecule has 1 atom stereocenters. The maximum Gasteiger partial charge on any atom is 0.164 e. The highest BCUT2D eigenvalue weighted by Gasteiger charge is 2.28. The molecule has 2 heteroatoms. The fraction of sp³-hybridized carbons (Fsp3) is 0.571. The Morgan fingerprint density at radius 2 is 2.56 bits per heavy atom. The number of hydrogen-bond donors (Lipinski definition) is 0. The van der Waals surface area contributed by atoms with Crippen molar-refractivity contribution in [1.82, 2.24) is 0 Å². The molecule has 50 valence electrons. The van der Waals surface area contributed by atoms with Crippen molar-refractivity contribution in [3.05, 3.63) is 11.8 Å². The molecule has 0 aromatic heterocycles. The number of ether oxygens (including phenoxy) is 1. The topological polar surface area (TPSA) is 26.3 Å². The molecule has 2 nitrogen and oxygen atoms in total. The van der Waals surface area contributed by atoms with Gasteiger partial charge in [0.15, 0.2) is 11.9 Å². The van der Waals surface area contributed by atoms with Crippen LogP contribution < -0.4 is 0 Å². The summed E-state index contributed by atoms with van der Waals surface area (Å²) in [6.07, 6.45) is 3.23. The first-order valence-corrected chi connectivity index (χ1v) is 2.96. The molecule has 0 spiro atoms. The first-order chi connectivity index (χ1) is 4.16. The zero-order chi connectivity index (χ0) is 6.91. The SMILES string of the molecule is CC1=COC(C)(C=O)C1. The molecule has 0 amide bonds. The Hall–Kier alpha value is -0.790. The van der Waals surface area contributed by atoms with Crippen LogP contribution in [-0.4, -0.2) is 11.9 Å². The lowest BCUT2D eigenvalue weighted by Gasteiger charge is -2.14. The Kier molecular flexibility index (Phi) is 1.31. The number of aldehydes is 1. The Labute approximate surface area is 54.5 Å². The van der Waals surface area contributed by atoms with Crippen LogP contribution >= 0.6 is 0 Å². The third-order valence-electron chi connectivity index (χ3n) is 1.41. The van der Waals surface area contributed by atoms with Crippen molar-refractivity contribution in [2.24, 2.45) is 0 Å². The van der Waals surface area contributed by atoms with Crippen molar-refractivity contribution in [2.75, 3.05) is 0 Å². The Balaban J connectivity index is 2.63. The molecule has 0 bridgehead atoms. The van der Waals surface area contributed by atoms with Gasteiger partial charge in [-0.15, -0.1) is 0 Å². The van der Waals surface area contributed by atoms with Gasteiger partial charge >= 0.3 is 0 Å². The molecule has 1 unspecified atom stereocenters. The second-order valence-corrected chi connectivity index (χ2v) is 2.69. The van der Waals surface area contributed by atoms with E-state index in [1.54, 1.807) is 13.2 Å². The van der Waals surface area contributed by atoms with Gasteiger partial charge in [-0.1, -0.05) is 0 Å². The average molecular weight is 126 g/mol. The highest BCUT2D eigenvalue weighted by molar-refractivity contribution is 5.63. The second kappa shape index (κ2) is 1.87. The average Bonchev–Trinajstić information content (AvgIpc) is 2.13. The van der Waals surface area contributed by atoms with Gasteiger partial charge < -0.3 is 4.74 Å². The molecule has 0 radical (unpaired) electrons. The van der Waals surface area contributed by atoms with Gasteiger partial charge in [-0.2, -0.15) is 0 Å². The lowest BCUT2D eigenvalue weighted by Crippen LogP contribution is -2.24. The number of carbonyl (C=O) groups is 1. The molecule has 1 aliphatic heterocycles. The first kappa shape index (κ1) is 6.33. The zero-order valence-corrected chi connectivity index (χ0v) is 5.68. The molecule has 0 saturated heterocycles. The van der Waals surface area contributed by atoms with Crippen LogP contribution in [0.1, 0.15) is 20.3 Å². The molecule has 0 saturated carbocycles. The number of hydrogen-bond acceptors (Lipinski definition) is 2. The van der Waals surface area contributed by atoms with E-state index in [9.17, 15) is 4.79 Å². The Bertz CT molecular complexity index is 160. The van der Waals surface area contributed by atoms with Crippen LogP contribution in [0.4, 0.5) is 0 Å². The minimum atomic E-state index is -0.565. The second-order valence-electron chi connectivity index (χ2n) is 2.69. The largest absolute Gasteiger partial charge is 0.487 e. The first-order valence-electron chi connectivity index (χ1n) is 2.96. The van der Waals surface area contributed by atoms with E-state index in [1.807, 2.05) is 6.92 Å². The van der Waals surface area contributed by atoms with Crippen molar-refractivity contribution in [3.63, 3.8) is 0 Å². The summed E-state index contributed by atoms with van der Waals surface area (Å²) in [5, 5.41) is 0. The van der Waals surface area contributed by atoms with E-state index < -0.39 is 5.60 Å². The summed E-state index contributed by atoms with van der Waals surface area (Å²) >= 11 is 0. The molecule has 9 heavy (non-hydrogen) atoms. The molecular weight excluding hydrogens is 116 g/mol. The summed E-state index contributed by atoms with van der Waals surface area (Å²) in [4.78, 5) is 10.3. The van der Waals surface area contributed by atoms with E-state index in [0.29, 0.717) is 0 Å². The lowest BCUT2D eigenvalue weighted by molar-refractivity contribution is -0.121. The van der Waals surface area contributed by atoms with Crippen molar-refractivity contribution in [2.45, 2.75) is 25.9 Å². The van der Waals surface area contributed by atoms with Gasteiger partial charge in [-0.3, -0.25) is 4.79 Å². The molecule has 0 fully saturated rings. The number of carbonyl (C=O) groups excluding carboxylic acids is 1. The lowest BCUT2D eigenvalue weighted by atomic mass is 10.0. The summed E-state index contributed by atoms with van der Waals surface area (Å²) in [6, 6.07) is 0. The predicted molar refractivity (Wildman–Crippen MR) is 33.9 cm³/mol. The van der Waals surface area contributed by atoms with Crippen LogP contribution in [0.5, 0.6) is 0 Å². The van der Waals surface area contributed by atoms with E-state index in [4.69, 9.17) is 4.74 Å². The quantitative estimate of drug-likeness (QED) is 0.494. The summed E-state index contributed by atoms with van der Waals surface area (Å²) in [6.45, 7) is 3.74. The summed E-state index contributed by atoms with van der Waals surface area (Å²) in [5.74, 6) is 0. The van der Waals surface area contributed by atoms with Gasteiger partial charge in [-0.05, 0) is 19.4 Å². The monoisotopic (exact) mass is 126 g/mol. The third-order valence-corrected chi connectivity index (χ3v) is 1.41. The van der Waals surface area contributed by atoms with Crippen LogP contribution in [0, 0.1) is 0 Å². The minimum absolute atomic E-state index is 0.565. The van der Waals surface area contributed by atoms with Gasteiger partial charge in [0.25, 0.3) is 0 Å². The van der Waals surface area contributed by atoms with Crippen molar-refractivity contribution in [3.8, 4) is 0 Å². The van der Waals surface area contributed by atoms with Crippen LogP contribution in [0.2, 0.25) is 0 Å². The molecule has 1 aliphatic rings. The number of rotatable bonds is 1. The summed E-state index contributed by atoms with van der Waals surface area (Å²) in [7, 11) is 0. The Morgan fingerprint density at radius 3 is 2.78 bits per heavy atom. The van der Waals surface area contributed by atoms with Crippen molar-refractivity contribution >= 4 is 6.29 Å². The maximum atomic E-state index is 10.3. The normalized spacial score (nSPS) is 33.3. The minimum Gasteiger partial charge on any atom is -0.487 e. The Morgan fingerprint density at radius 1 is 1.89 bits per heavy atom. The van der Waals surface area contributed by atoms with E-state index in [-0.39, 0.29) is 0 Å². The van der Waals surface area contributed by atoms with Crippen LogP contribution in [0.15, 0.2) is 11.8 Å².